The van der Waals surface area contributed by atoms with E-state index in [2.05, 4.69) is 15.1 Å². The van der Waals surface area contributed by atoms with E-state index < -0.39 is 0 Å². The zero-order valence-electron chi connectivity index (χ0n) is 7.66. The molecule has 0 saturated heterocycles. The van der Waals surface area contributed by atoms with Gasteiger partial charge < -0.3 is 4.90 Å². The van der Waals surface area contributed by atoms with Crippen LogP contribution in [-0.4, -0.2) is 23.8 Å². The average Bonchev–Trinajstić information content (AvgIpc) is 2.88. The molecule has 0 aliphatic heterocycles. The Bertz CT molecular complexity index is 343. The van der Waals surface area contributed by atoms with Gasteiger partial charge in [-0.2, -0.15) is 5.10 Å². The monoisotopic (exact) mass is 179 g/mol. The van der Waals surface area contributed by atoms with E-state index in [9.17, 15) is 4.79 Å². The van der Waals surface area contributed by atoms with Gasteiger partial charge in [0, 0.05) is 19.7 Å². The first-order valence-electron chi connectivity index (χ1n) is 4.51. The molecule has 1 aliphatic rings. The lowest BCUT2D eigenvalue weighted by Crippen LogP contribution is -2.22. The normalized spacial score (nSPS) is 15.8. The Balaban J connectivity index is 2.09. The smallest absolute Gasteiger partial charge is 0.266 e. The lowest BCUT2D eigenvalue weighted by Gasteiger charge is -2.17. The number of rotatable bonds is 3. The number of anilines is 1. The lowest BCUT2D eigenvalue weighted by molar-refractivity contribution is 0.781. The third-order valence-corrected chi connectivity index (χ3v) is 2.32. The third-order valence-electron chi connectivity index (χ3n) is 2.32. The van der Waals surface area contributed by atoms with Crippen LogP contribution >= 0.6 is 0 Å². The van der Waals surface area contributed by atoms with Gasteiger partial charge in [-0.05, 0) is 18.8 Å². The molecular weight excluding hydrogens is 166 g/mol. The molecule has 0 spiro atoms. The van der Waals surface area contributed by atoms with Crippen molar-refractivity contribution >= 4 is 5.69 Å². The molecule has 0 amide bonds. The van der Waals surface area contributed by atoms with Gasteiger partial charge in [-0.1, -0.05) is 0 Å². The van der Waals surface area contributed by atoms with Crippen molar-refractivity contribution in [1.29, 1.82) is 0 Å². The first-order valence-corrected chi connectivity index (χ1v) is 4.51. The molecule has 1 aliphatic carbocycles. The summed E-state index contributed by atoms with van der Waals surface area (Å²) >= 11 is 0. The highest BCUT2D eigenvalue weighted by atomic mass is 16.1. The second-order valence-electron chi connectivity index (χ2n) is 3.63. The van der Waals surface area contributed by atoms with Crippen LogP contribution in [0.1, 0.15) is 12.8 Å². The van der Waals surface area contributed by atoms with Crippen LogP contribution in [0.25, 0.3) is 0 Å². The number of hydrogen-bond acceptors (Lipinski definition) is 3. The van der Waals surface area contributed by atoms with Crippen LogP contribution in [0, 0.1) is 5.92 Å². The molecular formula is C9H13N3O. The van der Waals surface area contributed by atoms with E-state index in [0.29, 0.717) is 0 Å². The van der Waals surface area contributed by atoms with Crippen molar-refractivity contribution in [2.24, 2.45) is 5.92 Å². The quantitative estimate of drug-likeness (QED) is 0.739. The summed E-state index contributed by atoms with van der Waals surface area (Å²) < 4.78 is 0. The number of aromatic amines is 1. The molecule has 4 nitrogen and oxygen atoms in total. The van der Waals surface area contributed by atoms with E-state index >= 15 is 0 Å². The van der Waals surface area contributed by atoms with Crippen molar-refractivity contribution in [3.05, 3.63) is 22.6 Å². The van der Waals surface area contributed by atoms with Gasteiger partial charge in [-0.25, -0.2) is 5.10 Å². The topological polar surface area (TPSA) is 49.0 Å². The Kier molecular flexibility index (Phi) is 2.04. The molecule has 0 aromatic carbocycles. The van der Waals surface area contributed by atoms with Gasteiger partial charge in [-0.15, -0.1) is 0 Å². The molecule has 0 bridgehead atoms. The molecule has 2 rings (SSSR count). The van der Waals surface area contributed by atoms with Gasteiger partial charge in [-0.3, -0.25) is 4.79 Å². The first-order chi connectivity index (χ1) is 6.25. The fourth-order valence-corrected chi connectivity index (χ4v) is 1.37. The minimum atomic E-state index is -0.139. The van der Waals surface area contributed by atoms with E-state index in [-0.39, 0.29) is 5.56 Å². The zero-order chi connectivity index (χ0) is 9.26. The molecule has 1 aromatic heterocycles. The Labute approximate surface area is 76.6 Å². The highest BCUT2D eigenvalue weighted by Crippen LogP contribution is 2.30. The fourth-order valence-electron chi connectivity index (χ4n) is 1.37. The van der Waals surface area contributed by atoms with E-state index in [0.717, 1.165) is 18.2 Å². The molecule has 0 unspecified atom stereocenters. The largest absolute Gasteiger partial charge is 0.373 e. The predicted octanol–water partition coefficient (Wildman–Crippen LogP) is 0.616. The predicted molar refractivity (Wildman–Crippen MR) is 50.9 cm³/mol. The maximum Gasteiger partial charge on any atom is 0.266 e. The molecule has 0 radical (unpaired) electrons. The van der Waals surface area contributed by atoms with Crippen molar-refractivity contribution in [3.8, 4) is 0 Å². The number of H-pyrrole nitrogens is 1. The van der Waals surface area contributed by atoms with Crippen LogP contribution in [0.5, 0.6) is 0 Å². The van der Waals surface area contributed by atoms with Crippen LogP contribution in [0.15, 0.2) is 17.1 Å². The van der Waals surface area contributed by atoms with Crippen LogP contribution < -0.4 is 10.5 Å². The third kappa shape index (κ3) is 2.08. The van der Waals surface area contributed by atoms with Crippen molar-refractivity contribution < 1.29 is 0 Å². The highest BCUT2D eigenvalue weighted by Gasteiger charge is 2.23. The maximum atomic E-state index is 11.0. The molecule has 1 heterocycles. The zero-order valence-corrected chi connectivity index (χ0v) is 7.66. The second-order valence-corrected chi connectivity index (χ2v) is 3.63. The molecule has 1 aromatic rings. The van der Waals surface area contributed by atoms with E-state index in [1.165, 1.54) is 12.8 Å². The van der Waals surface area contributed by atoms with Gasteiger partial charge in [0.2, 0.25) is 0 Å². The SMILES string of the molecule is CN(CC1CC1)c1cn[nH]c(=O)c1. The molecule has 4 heteroatoms. The minimum Gasteiger partial charge on any atom is -0.373 e. The summed E-state index contributed by atoms with van der Waals surface area (Å²) in [6.45, 7) is 1.03. The van der Waals surface area contributed by atoms with Gasteiger partial charge in [0.05, 0.1) is 11.9 Å². The van der Waals surface area contributed by atoms with Crippen LogP contribution in [-0.2, 0) is 0 Å². The number of nitrogens with zero attached hydrogens (tertiary/aromatic N) is 2. The van der Waals surface area contributed by atoms with Crippen molar-refractivity contribution in [1.82, 2.24) is 10.2 Å². The summed E-state index contributed by atoms with van der Waals surface area (Å²) in [7, 11) is 1.99. The fraction of sp³-hybridized carbons (Fsp3) is 0.556. The Hall–Kier alpha value is -1.32. The molecule has 1 fully saturated rings. The summed E-state index contributed by atoms with van der Waals surface area (Å²) in [4.78, 5) is 13.0. The van der Waals surface area contributed by atoms with Gasteiger partial charge in [0.25, 0.3) is 5.56 Å². The number of nitrogens with one attached hydrogen (secondary N) is 1. The van der Waals surface area contributed by atoms with Crippen LogP contribution in [0.3, 0.4) is 0 Å². The van der Waals surface area contributed by atoms with E-state index in [1.807, 2.05) is 7.05 Å². The summed E-state index contributed by atoms with van der Waals surface area (Å²) in [5.41, 5.74) is 0.760. The molecule has 13 heavy (non-hydrogen) atoms. The highest BCUT2D eigenvalue weighted by molar-refractivity contribution is 5.41. The van der Waals surface area contributed by atoms with Crippen LogP contribution in [0.2, 0.25) is 0 Å². The second kappa shape index (κ2) is 3.20. The summed E-state index contributed by atoms with van der Waals surface area (Å²) in [5.74, 6) is 0.823. The standard InChI is InChI=1S/C9H13N3O/c1-12(6-7-2-3-7)8-4-9(13)11-10-5-8/h4-5,7H,2-3,6H2,1H3,(H,11,13). The average molecular weight is 179 g/mol. The summed E-state index contributed by atoms with van der Waals surface area (Å²) in [5, 5.41) is 6.12. The Morgan fingerprint density at radius 3 is 3.08 bits per heavy atom. The van der Waals surface area contributed by atoms with Gasteiger partial charge >= 0.3 is 0 Å². The molecule has 1 saturated carbocycles. The number of aromatic nitrogens is 2. The Morgan fingerprint density at radius 2 is 2.46 bits per heavy atom. The number of hydrogen-bond donors (Lipinski definition) is 1. The van der Waals surface area contributed by atoms with Gasteiger partial charge in [0.15, 0.2) is 0 Å². The van der Waals surface area contributed by atoms with Crippen molar-refractivity contribution in [3.63, 3.8) is 0 Å². The molecule has 0 atom stereocenters. The van der Waals surface area contributed by atoms with Crippen LogP contribution in [0.4, 0.5) is 5.69 Å². The summed E-state index contributed by atoms with van der Waals surface area (Å²) in [6, 6.07) is 1.58. The van der Waals surface area contributed by atoms with E-state index in [4.69, 9.17) is 0 Å². The summed E-state index contributed by atoms with van der Waals surface area (Å²) in [6.07, 6.45) is 4.33. The molecule has 70 valence electrons. The van der Waals surface area contributed by atoms with Gasteiger partial charge in [0.1, 0.15) is 0 Å². The lowest BCUT2D eigenvalue weighted by atomic mass is 10.3. The van der Waals surface area contributed by atoms with Crippen molar-refractivity contribution in [2.75, 3.05) is 18.5 Å². The first kappa shape index (κ1) is 8.29. The maximum absolute atomic E-state index is 11.0. The molecule has 1 N–H and O–H groups in total. The van der Waals surface area contributed by atoms with Crippen molar-refractivity contribution in [2.45, 2.75) is 12.8 Å². The Morgan fingerprint density at radius 1 is 1.69 bits per heavy atom. The van der Waals surface area contributed by atoms with E-state index in [1.54, 1.807) is 12.3 Å². The minimum absolute atomic E-state index is 0.139.